The highest BCUT2D eigenvalue weighted by molar-refractivity contribution is 5.86. The Labute approximate surface area is 150 Å². The van der Waals surface area contributed by atoms with Gasteiger partial charge in [0.15, 0.2) is 0 Å². The van der Waals surface area contributed by atoms with E-state index >= 15 is 0 Å². The number of aromatic nitrogens is 2. The fraction of sp³-hybridized carbons (Fsp3) is 0.389. The summed E-state index contributed by atoms with van der Waals surface area (Å²) in [5, 5.41) is 9.41. The van der Waals surface area contributed by atoms with Crippen LogP contribution in [0.3, 0.4) is 0 Å². The van der Waals surface area contributed by atoms with Crippen molar-refractivity contribution >= 4 is 5.97 Å². The van der Waals surface area contributed by atoms with Gasteiger partial charge in [0, 0.05) is 6.54 Å². The molecule has 1 aromatic carbocycles. The molecule has 2 rings (SSSR count). The van der Waals surface area contributed by atoms with Gasteiger partial charge < -0.3 is 14.8 Å². The van der Waals surface area contributed by atoms with Crippen LogP contribution in [0.4, 0.5) is 0 Å². The van der Waals surface area contributed by atoms with Crippen LogP contribution in [0.15, 0.2) is 33.9 Å². The van der Waals surface area contributed by atoms with Gasteiger partial charge >= 0.3 is 11.7 Å². The van der Waals surface area contributed by atoms with Gasteiger partial charge in [0.05, 0.1) is 17.9 Å². The van der Waals surface area contributed by atoms with Crippen LogP contribution in [-0.2, 0) is 6.54 Å². The van der Waals surface area contributed by atoms with E-state index < -0.39 is 17.2 Å². The third-order valence-electron chi connectivity index (χ3n) is 4.09. The minimum Gasteiger partial charge on any atom is -0.492 e. The molecule has 140 valence electrons. The first kappa shape index (κ1) is 19.5. The normalized spacial score (nSPS) is 10.9. The number of H-pyrrole nitrogens is 1. The van der Waals surface area contributed by atoms with Crippen molar-refractivity contribution < 1.29 is 14.6 Å². The van der Waals surface area contributed by atoms with Crippen LogP contribution in [0.25, 0.3) is 5.69 Å². The van der Waals surface area contributed by atoms with E-state index in [0.29, 0.717) is 25.4 Å². The van der Waals surface area contributed by atoms with Gasteiger partial charge in [0.2, 0.25) is 0 Å². The maximum Gasteiger partial charge on any atom is 0.352 e. The van der Waals surface area contributed by atoms with Crippen LogP contribution in [-0.4, -0.2) is 45.2 Å². The molecule has 26 heavy (non-hydrogen) atoms. The van der Waals surface area contributed by atoms with Crippen LogP contribution in [0, 0.1) is 0 Å². The molecule has 0 saturated carbocycles. The van der Waals surface area contributed by atoms with Gasteiger partial charge in [-0.1, -0.05) is 26.0 Å². The maximum absolute atomic E-state index is 13.0. The Morgan fingerprint density at radius 1 is 1.19 bits per heavy atom. The van der Waals surface area contributed by atoms with Crippen LogP contribution in [0.2, 0.25) is 0 Å². The number of aromatic amines is 1. The number of para-hydroxylation sites is 2. The number of hydrogen-bond donors (Lipinski definition) is 2. The first-order chi connectivity index (χ1) is 12.4. The largest absolute Gasteiger partial charge is 0.492 e. The number of aromatic carboxylic acids is 1. The van der Waals surface area contributed by atoms with Crippen molar-refractivity contribution in [2.75, 3.05) is 19.7 Å². The van der Waals surface area contributed by atoms with E-state index in [-0.39, 0.29) is 23.5 Å². The number of rotatable bonds is 8. The van der Waals surface area contributed by atoms with Crippen molar-refractivity contribution in [2.45, 2.75) is 27.3 Å². The number of carbonyl (C=O) groups is 1. The molecule has 0 unspecified atom stereocenters. The van der Waals surface area contributed by atoms with Gasteiger partial charge in [-0.2, -0.15) is 0 Å². The third kappa shape index (κ3) is 3.85. The monoisotopic (exact) mass is 361 g/mol. The Morgan fingerprint density at radius 2 is 1.85 bits per heavy atom. The summed E-state index contributed by atoms with van der Waals surface area (Å²) in [6.45, 7) is 7.40. The minimum atomic E-state index is -1.34. The number of hydrogen-bond acceptors (Lipinski definition) is 5. The van der Waals surface area contributed by atoms with Gasteiger partial charge in [0.1, 0.15) is 11.4 Å². The first-order valence-corrected chi connectivity index (χ1v) is 8.50. The Bertz CT molecular complexity index is 896. The Kier molecular flexibility index (Phi) is 6.35. The molecule has 0 aliphatic heterocycles. The zero-order chi connectivity index (χ0) is 19.3. The molecule has 0 spiro atoms. The molecule has 1 aromatic heterocycles. The second-order valence-corrected chi connectivity index (χ2v) is 5.59. The molecule has 8 heteroatoms. The molecule has 0 aliphatic carbocycles. The Balaban J connectivity index is 2.75. The second-order valence-electron chi connectivity index (χ2n) is 5.59. The summed E-state index contributed by atoms with van der Waals surface area (Å²) >= 11 is 0. The lowest BCUT2D eigenvalue weighted by atomic mass is 10.2. The van der Waals surface area contributed by atoms with Crippen LogP contribution in [0.5, 0.6) is 5.75 Å². The van der Waals surface area contributed by atoms with E-state index in [1.165, 1.54) is 0 Å². The Hall–Kier alpha value is -2.87. The van der Waals surface area contributed by atoms with Gasteiger partial charge in [0.25, 0.3) is 5.56 Å². The van der Waals surface area contributed by atoms with Crippen molar-refractivity contribution in [1.82, 2.24) is 14.5 Å². The smallest absolute Gasteiger partial charge is 0.352 e. The van der Waals surface area contributed by atoms with Crippen LogP contribution < -0.4 is 16.0 Å². The topological polar surface area (TPSA) is 105 Å². The zero-order valence-electron chi connectivity index (χ0n) is 15.1. The fourth-order valence-electron chi connectivity index (χ4n) is 2.71. The van der Waals surface area contributed by atoms with Gasteiger partial charge in [-0.05, 0) is 32.1 Å². The number of carboxylic acids is 1. The number of benzene rings is 1. The Morgan fingerprint density at radius 3 is 2.42 bits per heavy atom. The molecule has 0 amide bonds. The zero-order valence-corrected chi connectivity index (χ0v) is 15.1. The van der Waals surface area contributed by atoms with E-state index in [1.807, 2.05) is 18.7 Å². The molecule has 0 radical (unpaired) electrons. The number of nitrogens with zero attached hydrogens (tertiary/aromatic N) is 2. The maximum atomic E-state index is 13.0. The summed E-state index contributed by atoms with van der Waals surface area (Å²) in [7, 11) is 0. The standard InChI is InChI=1S/C18H23N3O5/c1-4-20(5-2)11-12-15(17(23)24)19-18(25)21(16(12)22)13-9-7-8-10-14(13)26-6-3/h7-10H,4-6,11H2,1-3H3,(H,19,25)(H,23,24). The van der Waals surface area contributed by atoms with Crippen molar-refractivity contribution in [3.8, 4) is 11.4 Å². The molecule has 2 N–H and O–H groups in total. The summed E-state index contributed by atoms with van der Waals surface area (Å²) < 4.78 is 6.43. The van der Waals surface area contributed by atoms with Crippen molar-refractivity contribution in [2.24, 2.45) is 0 Å². The average Bonchev–Trinajstić information content (AvgIpc) is 2.62. The molecule has 1 heterocycles. The lowest BCUT2D eigenvalue weighted by Gasteiger charge is -2.19. The van der Waals surface area contributed by atoms with Gasteiger partial charge in [-0.3, -0.25) is 9.69 Å². The predicted molar refractivity (Wildman–Crippen MR) is 97.4 cm³/mol. The highest BCUT2D eigenvalue weighted by atomic mass is 16.5. The van der Waals surface area contributed by atoms with Crippen molar-refractivity contribution in [1.29, 1.82) is 0 Å². The third-order valence-corrected chi connectivity index (χ3v) is 4.09. The molecular formula is C18H23N3O5. The summed E-state index contributed by atoms with van der Waals surface area (Å²) in [6.07, 6.45) is 0. The van der Waals surface area contributed by atoms with Crippen molar-refractivity contribution in [3.63, 3.8) is 0 Å². The lowest BCUT2D eigenvalue weighted by molar-refractivity contribution is 0.0686. The van der Waals surface area contributed by atoms with E-state index in [2.05, 4.69) is 4.98 Å². The van der Waals surface area contributed by atoms with E-state index in [9.17, 15) is 19.5 Å². The molecule has 0 fully saturated rings. The molecule has 8 nitrogen and oxygen atoms in total. The molecule has 0 saturated heterocycles. The van der Waals surface area contributed by atoms with Gasteiger partial charge in [-0.15, -0.1) is 0 Å². The molecular weight excluding hydrogens is 338 g/mol. The van der Waals surface area contributed by atoms with Gasteiger partial charge in [-0.25, -0.2) is 14.2 Å². The second kappa shape index (κ2) is 8.48. The summed E-state index contributed by atoms with van der Waals surface area (Å²) in [6, 6.07) is 6.65. The fourth-order valence-corrected chi connectivity index (χ4v) is 2.71. The van der Waals surface area contributed by atoms with Crippen molar-refractivity contribution in [3.05, 3.63) is 56.4 Å². The summed E-state index contributed by atoms with van der Waals surface area (Å²) in [5.74, 6) is -0.967. The van der Waals surface area contributed by atoms with Crippen LogP contribution in [0.1, 0.15) is 36.8 Å². The summed E-state index contributed by atoms with van der Waals surface area (Å²) in [4.78, 5) is 41.3. The lowest BCUT2D eigenvalue weighted by Crippen LogP contribution is -2.40. The summed E-state index contributed by atoms with van der Waals surface area (Å²) in [5.41, 5.74) is -1.55. The predicted octanol–water partition coefficient (Wildman–Crippen LogP) is 1.46. The van der Waals surface area contributed by atoms with E-state index in [0.717, 1.165) is 4.57 Å². The number of nitrogens with one attached hydrogen (secondary N) is 1. The minimum absolute atomic E-state index is 0.0344. The highest BCUT2D eigenvalue weighted by Gasteiger charge is 2.22. The van der Waals surface area contributed by atoms with E-state index in [4.69, 9.17) is 4.74 Å². The first-order valence-electron chi connectivity index (χ1n) is 8.50. The van der Waals surface area contributed by atoms with E-state index in [1.54, 1.807) is 31.2 Å². The SMILES string of the molecule is CCOc1ccccc1-n1c(=O)[nH]c(C(=O)O)c(CN(CC)CC)c1=O. The molecule has 2 aromatic rings. The molecule has 0 aliphatic rings. The average molecular weight is 361 g/mol. The number of carboxylic acid groups (broad SMARTS) is 1. The quantitative estimate of drug-likeness (QED) is 0.738. The van der Waals surface area contributed by atoms with Crippen LogP contribution >= 0.6 is 0 Å². The number of ether oxygens (including phenoxy) is 1. The molecule has 0 atom stereocenters. The highest BCUT2D eigenvalue weighted by Crippen LogP contribution is 2.20. The molecule has 0 bridgehead atoms.